The molecule has 0 amide bonds. The predicted octanol–water partition coefficient (Wildman–Crippen LogP) is 4.69. The van der Waals surface area contributed by atoms with E-state index in [2.05, 4.69) is 14.6 Å². The van der Waals surface area contributed by atoms with Crippen LogP contribution in [-0.2, 0) is 29.2 Å². The first-order valence-corrected chi connectivity index (χ1v) is 13.7. The molecular formula is C28H26F3N3O3S. The second-order valence-corrected chi connectivity index (χ2v) is 11.3. The van der Waals surface area contributed by atoms with E-state index in [1.165, 1.54) is 29.8 Å². The van der Waals surface area contributed by atoms with Crippen LogP contribution in [-0.4, -0.2) is 37.4 Å². The van der Waals surface area contributed by atoms with Crippen molar-refractivity contribution in [2.24, 2.45) is 0 Å². The van der Waals surface area contributed by atoms with Crippen LogP contribution in [0.5, 0.6) is 0 Å². The van der Waals surface area contributed by atoms with Crippen LogP contribution in [0.15, 0.2) is 88.6 Å². The lowest BCUT2D eigenvalue weighted by atomic mass is 10.0. The van der Waals surface area contributed by atoms with Crippen LogP contribution in [0, 0.1) is 0 Å². The molecule has 2 N–H and O–H groups in total. The number of H-pyrrole nitrogens is 1. The summed E-state index contributed by atoms with van der Waals surface area (Å²) in [6.07, 6.45) is -3.64. The van der Waals surface area contributed by atoms with Crippen molar-refractivity contribution in [3.63, 3.8) is 0 Å². The number of likely N-dealkylation sites (tertiary alicyclic amines) is 1. The third-order valence-corrected chi connectivity index (χ3v) is 8.23. The number of nitrogens with one attached hydrogen (secondary N) is 2. The van der Waals surface area contributed by atoms with Crippen molar-refractivity contribution in [3.05, 3.63) is 111 Å². The standard InChI is InChI=1S/C28H26F3N3O3S/c29-28(30,31)25-16-27(35)32-26-11-8-21(15-24(25)26)14-19-6-9-23(10-7-19)38(36,37)33-22-12-13-34(18-22)17-20-4-2-1-3-5-20/h1-11,15-16,22,33H,12-14,17-18H2,(H,32,35). The van der Waals surface area contributed by atoms with Crippen LogP contribution >= 0.6 is 0 Å². The fraction of sp³-hybridized carbons (Fsp3) is 0.250. The number of fused-ring (bicyclic) bond motifs is 1. The lowest BCUT2D eigenvalue weighted by Crippen LogP contribution is -2.36. The van der Waals surface area contributed by atoms with Crippen LogP contribution in [0.4, 0.5) is 13.2 Å². The monoisotopic (exact) mass is 541 g/mol. The molecule has 0 radical (unpaired) electrons. The number of aromatic amines is 1. The second kappa shape index (κ2) is 10.4. The Hall–Kier alpha value is -3.47. The summed E-state index contributed by atoms with van der Waals surface area (Å²) in [6.45, 7) is 2.19. The van der Waals surface area contributed by atoms with Gasteiger partial charge in [0.1, 0.15) is 0 Å². The normalized spacial score (nSPS) is 16.8. The van der Waals surface area contributed by atoms with E-state index in [0.717, 1.165) is 25.1 Å². The number of rotatable bonds is 7. The zero-order chi connectivity index (χ0) is 26.9. The van der Waals surface area contributed by atoms with Crippen molar-refractivity contribution in [2.75, 3.05) is 13.1 Å². The Morgan fingerprint density at radius 3 is 2.34 bits per heavy atom. The van der Waals surface area contributed by atoms with Gasteiger partial charge in [0.15, 0.2) is 0 Å². The molecule has 1 saturated heterocycles. The Morgan fingerprint density at radius 2 is 1.63 bits per heavy atom. The molecule has 0 aliphatic carbocycles. The molecule has 38 heavy (non-hydrogen) atoms. The molecule has 0 bridgehead atoms. The topological polar surface area (TPSA) is 82.3 Å². The first-order valence-electron chi connectivity index (χ1n) is 12.2. The number of benzene rings is 3. The summed E-state index contributed by atoms with van der Waals surface area (Å²) in [5.41, 5.74) is 0.838. The van der Waals surface area contributed by atoms with Gasteiger partial charge in [0.25, 0.3) is 0 Å². The zero-order valence-corrected chi connectivity index (χ0v) is 21.1. The summed E-state index contributed by atoms with van der Waals surface area (Å²) < 4.78 is 69.1. The lowest BCUT2D eigenvalue weighted by Gasteiger charge is -2.17. The highest BCUT2D eigenvalue weighted by molar-refractivity contribution is 7.89. The molecule has 1 aliphatic heterocycles. The van der Waals surface area contributed by atoms with Gasteiger partial charge in [0, 0.05) is 42.6 Å². The summed E-state index contributed by atoms with van der Waals surface area (Å²) >= 11 is 0. The van der Waals surface area contributed by atoms with E-state index in [1.54, 1.807) is 18.2 Å². The fourth-order valence-corrected chi connectivity index (χ4v) is 6.13. The molecule has 1 fully saturated rings. The largest absolute Gasteiger partial charge is 0.417 e. The van der Waals surface area contributed by atoms with Gasteiger partial charge in [-0.05, 0) is 53.8 Å². The van der Waals surface area contributed by atoms with Crippen molar-refractivity contribution in [2.45, 2.75) is 36.5 Å². The average Bonchev–Trinajstić information content (AvgIpc) is 3.30. The molecule has 1 aliphatic rings. The van der Waals surface area contributed by atoms with Crippen LogP contribution < -0.4 is 10.3 Å². The number of pyridine rings is 1. The van der Waals surface area contributed by atoms with Crippen LogP contribution in [0.3, 0.4) is 0 Å². The van der Waals surface area contributed by atoms with E-state index in [1.807, 2.05) is 30.3 Å². The van der Waals surface area contributed by atoms with E-state index >= 15 is 0 Å². The number of hydrogen-bond donors (Lipinski definition) is 2. The Morgan fingerprint density at radius 1 is 0.921 bits per heavy atom. The number of sulfonamides is 1. The molecular weight excluding hydrogens is 515 g/mol. The minimum Gasteiger partial charge on any atom is -0.322 e. The lowest BCUT2D eigenvalue weighted by molar-refractivity contribution is -0.136. The fourth-order valence-electron chi connectivity index (χ4n) is 4.87. The van der Waals surface area contributed by atoms with Crippen LogP contribution in [0.1, 0.15) is 28.7 Å². The van der Waals surface area contributed by atoms with E-state index < -0.39 is 27.3 Å². The Balaban J connectivity index is 1.26. The molecule has 5 rings (SSSR count). The van der Waals surface area contributed by atoms with Crippen LogP contribution in [0.2, 0.25) is 0 Å². The first-order chi connectivity index (χ1) is 18.1. The third-order valence-electron chi connectivity index (χ3n) is 6.70. The highest BCUT2D eigenvalue weighted by Crippen LogP contribution is 2.33. The van der Waals surface area contributed by atoms with Gasteiger partial charge >= 0.3 is 6.18 Å². The molecule has 0 spiro atoms. The summed E-state index contributed by atoms with van der Waals surface area (Å²) in [4.78, 5) is 16.4. The Bertz CT molecular complexity index is 1600. The van der Waals surface area contributed by atoms with E-state index in [9.17, 15) is 26.4 Å². The Labute approximate surface area is 218 Å². The van der Waals surface area contributed by atoms with Gasteiger partial charge in [0.05, 0.1) is 10.5 Å². The van der Waals surface area contributed by atoms with Gasteiger partial charge in [-0.2, -0.15) is 13.2 Å². The summed E-state index contributed by atoms with van der Waals surface area (Å²) in [5.74, 6) is 0. The van der Waals surface area contributed by atoms with Gasteiger partial charge in [-0.1, -0.05) is 48.5 Å². The molecule has 10 heteroatoms. The molecule has 1 unspecified atom stereocenters. The van der Waals surface area contributed by atoms with Gasteiger partial charge in [-0.15, -0.1) is 0 Å². The van der Waals surface area contributed by atoms with Gasteiger partial charge < -0.3 is 4.98 Å². The molecule has 1 atom stereocenters. The van der Waals surface area contributed by atoms with E-state index in [0.29, 0.717) is 24.6 Å². The number of hydrogen-bond acceptors (Lipinski definition) is 4. The predicted molar refractivity (Wildman–Crippen MR) is 139 cm³/mol. The second-order valence-electron chi connectivity index (χ2n) is 9.57. The smallest absolute Gasteiger partial charge is 0.322 e. The Kier molecular flexibility index (Phi) is 7.13. The molecule has 0 saturated carbocycles. The van der Waals surface area contributed by atoms with Gasteiger partial charge in [0.2, 0.25) is 15.6 Å². The third kappa shape index (κ3) is 5.98. The van der Waals surface area contributed by atoms with Crippen molar-refractivity contribution in [1.29, 1.82) is 0 Å². The van der Waals surface area contributed by atoms with Crippen molar-refractivity contribution in [3.8, 4) is 0 Å². The van der Waals surface area contributed by atoms with Crippen molar-refractivity contribution in [1.82, 2.24) is 14.6 Å². The number of aromatic nitrogens is 1. The van der Waals surface area contributed by atoms with Gasteiger partial charge in [-0.3, -0.25) is 9.69 Å². The minimum absolute atomic E-state index is 0.0872. The van der Waals surface area contributed by atoms with E-state index in [4.69, 9.17) is 0 Å². The highest BCUT2D eigenvalue weighted by atomic mass is 32.2. The molecule has 3 aromatic carbocycles. The maximum atomic E-state index is 13.5. The maximum Gasteiger partial charge on any atom is 0.417 e. The van der Waals surface area contributed by atoms with Gasteiger partial charge in [-0.25, -0.2) is 13.1 Å². The minimum atomic E-state index is -4.66. The average molecular weight is 542 g/mol. The summed E-state index contributed by atoms with van der Waals surface area (Å²) in [7, 11) is -3.72. The quantitative estimate of drug-likeness (QED) is 0.356. The van der Waals surface area contributed by atoms with Crippen molar-refractivity contribution >= 4 is 20.9 Å². The molecule has 6 nitrogen and oxygen atoms in total. The highest BCUT2D eigenvalue weighted by Gasteiger charge is 2.33. The summed E-state index contributed by atoms with van der Waals surface area (Å²) in [5, 5.41) is -0.0872. The molecule has 2 heterocycles. The SMILES string of the molecule is O=c1cc(C(F)(F)F)c2cc(Cc3ccc(S(=O)(=O)NC4CCN(Cc5ccccc5)C4)cc3)ccc2[nH]1. The van der Waals surface area contributed by atoms with Crippen LogP contribution in [0.25, 0.3) is 10.9 Å². The van der Waals surface area contributed by atoms with E-state index in [-0.39, 0.29) is 21.8 Å². The first kappa shape index (κ1) is 26.1. The number of nitrogens with zero attached hydrogens (tertiary/aromatic N) is 1. The molecule has 198 valence electrons. The molecule has 1 aromatic heterocycles. The maximum absolute atomic E-state index is 13.5. The summed E-state index contributed by atoms with van der Waals surface area (Å²) in [6, 6.07) is 21.2. The molecule has 4 aromatic rings. The zero-order valence-electron chi connectivity index (χ0n) is 20.3. The van der Waals surface area contributed by atoms with Crippen molar-refractivity contribution < 1.29 is 21.6 Å². The number of alkyl halides is 3. The number of halogens is 3.